The Kier molecular flexibility index (Phi) is 4.74. The van der Waals surface area contributed by atoms with Gasteiger partial charge in [-0.25, -0.2) is 0 Å². The van der Waals surface area contributed by atoms with E-state index in [1.807, 2.05) is 54.3 Å². The number of thioether (sulfide) groups is 1. The van der Waals surface area contributed by atoms with Crippen LogP contribution >= 0.6 is 27.7 Å². The second-order valence-corrected chi connectivity index (χ2v) is 6.80. The zero-order chi connectivity index (χ0) is 15.5. The maximum Gasteiger partial charge on any atom is 0.238 e. The number of hydrogen-bond donors (Lipinski definition) is 0. The van der Waals surface area contributed by atoms with Gasteiger partial charge in [0.2, 0.25) is 5.91 Å². The first kappa shape index (κ1) is 15.4. The van der Waals surface area contributed by atoms with Gasteiger partial charge in [0.15, 0.2) is 0 Å². The van der Waals surface area contributed by atoms with Gasteiger partial charge in [-0.3, -0.25) is 9.69 Å². The van der Waals surface area contributed by atoms with Crippen molar-refractivity contribution < 1.29 is 9.53 Å². The summed E-state index contributed by atoms with van der Waals surface area (Å²) >= 11 is 5.24. The summed E-state index contributed by atoms with van der Waals surface area (Å²) in [4.78, 5) is 14.2. The normalized spacial score (nSPS) is 17.8. The van der Waals surface area contributed by atoms with E-state index in [2.05, 4.69) is 22.0 Å². The van der Waals surface area contributed by atoms with Gasteiger partial charge in [-0.15, -0.1) is 11.8 Å². The summed E-state index contributed by atoms with van der Waals surface area (Å²) in [6, 6.07) is 15.8. The molecule has 0 aliphatic carbocycles. The van der Waals surface area contributed by atoms with Gasteiger partial charge in [0, 0.05) is 10.2 Å². The Morgan fingerprint density at radius 3 is 2.64 bits per heavy atom. The minimum Gasteiger partial charge on any atom is -0.494 e. The molecule has 1 saturated heterocycles. The second kappa shape index (κ2) is 6.75. The molecular formula is C17H16BrNO2S. The Morgan fingerprint density at radius 2 is 1.95 bits per heavy atom. The Balaban J connectivity index is 1.92. The zero-order valence-electron chi connectivity index (χ0n) is 12.2. The van der Waals surface area contributed by atoms with Crippen molar-refractivity contribution in [2.45, 2.75) is 12.3 Å². The third kappa shape index (κ3) is 3.01. The summed E-state index contributed by atoms with van der Waals surface area (Å²) in [7, 11) is 0. The molecule has 0 aromatic heterocycles. The molecule has 1 aliphatic rings. The SMILES string of the molecule is CCOc1ccc(N2C(=O)CSC2c2ccccc2Br)cc1. The molecule has 3 rings (SSSR count). The van der Waals surface area contributed by atoms with Gasteiger partial charge in [0.1, 0.15) is 11.1 Å². The van der Waals surface area contributed by atoms with Crippen LogP contribution in [0.15, 0.2) is 53.0 Å². The number of ether oxygens (including phenoxy) is 1. The topological polar surface area (TPSA) is 29.5 Å². The minimum absolute atomic E-state index is 0.000943. The first-order valence-corrected chi connectivity index (χ1v) is 8.96. The summed E-state index contributed by atoms with van der Waals surface area (Å²) in [5.74, 6) is 1.46. The van der Waals surface area contributed by atoms with E-state index in [0.29, 0.717) is 12.4 Å². The highest BCUT2D eigenvalue weighted by atomic mass is 79.9. The third-order valence-electron chi connectivity index (χ3n) is 3.47. The molecule has 1 unspecified atom stereocenters. The van der Waals surface area contributed by atoms with Gasteiger partial charge in [-0.05, 0) is 42.8 Å². The molecule has 0 N–H and O–H groups in total. The molecule has 114 valence electrons. The lowest BCUT2D eigenvalue weighted by Crippen LogP contribution is -2.27. The van der Waals surface area contributed by atoms with Crippen LogP contribution in [0.3, 0.4) is 0 Å². The Hall–Kier alpha value is -1.46. The van der Waals surface area contributed by atoms with Gasteiger partial charge >= 0.3 is 0 Å². The van der Waals surface area contributed by atoms with Crippen molar-refractivity contribution in [3.63, 3.8) is 0 Å². The van der Waals surface area contributed by atoms with Crippen LogP contribution in [0.25, 0.3) is 0 Å². The number of halogens is 1. The van der Waals surface area contributed by atoms with Crippen LogP contribution in [0.5, 0.6) is 5.75 Å². The molecule has 1 aliphatic heterocycles. The number of hydrogen-bond acceptors (Lipinski definition) is 3. The Bertz CT molecular complexity index is 675. The van der Waals surface area contributed by atoms with Crippen molar-refractivity contribution >= 4 is 39.3 Å². The van der Waals surface area contributed by atoms with E-state index >= 15 is 0 Å². The Labute approximate surface area is 142 Å². The second-order valence-electron chi connectivity index (χ2n) is 4.88. The van der Waals surface area contributed by atoms with Crippen molar-refractivity contribution in [1.82, 2.24) is 0 Å². The van der Waals surface area contributed by atoms with Crippen molar-refractivity contribution in [3.05, 3.63) is 58.6 Å². The molecule has 1 fully saturated rings. The number of carbonyl (C=O) groups excluding carboxylic acids is 1. The molecule has 1 amide bonds. The van der Waals surface area contributed by atoms with Crippen molar-refractivity contribution in [3.8, 4) is 5.75 Å². The molecule has 3 nitrogen and oxygen atoms in total. The van der Waals surface area contributed by atoms with Gasteiger partial charge in [0.05, 0.1) is 12.4 Å². The van der Waals surface area contributed by atoms with Crippen LogP contribution in [-0.2, 0) is 4.79 Å². The third-order valence-corrected chi connectivity index (χ3v) is 5.38. The maximum absolute atomic E-state index is 12.3. The first-order valence-electron chi connectivity index (χ1n) is 7.11. The van der Waals surface area contributed by atoms with Crippen LogP contribution in [0.2, 0.25) is 0 Å². The van der Waals surface area contributed by atoms with E-state index in [0.717, 1.165) is 21.5 Å². The molecule has 0 saturated carbocycles. The monoisotopic (exact) mass is 377 g/mol. The molecule has 1 atom stereocenters. The molecule has 1 heterocycles. The quantitative estimate of drug-likeness (QED) is 0.777. The van der Waals surface area contributed by atoms with Crippen molar-refractivity contribution in [1.29, 1.82) is 0 Å². The fraction of sp³-hybridized carbons (Fsp3) is 0.235. The van der Waals surface area contributed by atoms with E-state index in [1.54, 1.807) is 11.8 Å². The Morgan fingerprint density at radius 1 is 1.23 bits per heavy atom. The summed E-state index contributed by atoms with van der Waals surface area (Å²) in [6.07, 6.45) is 0. The molecular weight excluding hydrogens is 362 g/mol. The largest absolute Gasteiger partial charge is 0.494 e. The van der Waals surface area contributed by atoms with Crippen LogP contribution in [0, 0.1) is 0 Å². The van der Waals surface area contributed by atoms with Crippen molar-refractivity contribution in [2.24, 2.45) is 0 Å². The zero-order valence-corrected chi connectivity index (χ0v) is 14.6. The van der Waals surface area contributed by atoms with Crippen LogP contribution in [-0.4, -0.2) is 18.3 Å². The number of carbonyl (C=O) groups is 1. The smallest absolute Gasteiger partial charge is 0.238 e. The fourth-order valence-corrected chi connectivity index (χ4v) is 4.34. The van der Waals surface area contributed by atoms with Crippen LogP contribution < -0.4 is 9.64 Å². The van der Waals surface area contributed by atoms with Crippen LogP contribution in [0.4, 0.5) is 5.69 Å². The number of anilines is 1. The number of nitrogens with zero attached hydrogens (tertiary/aromatic N) is 1. The number of benzene rings is 2. The summed E-state index contributed by atoms with van der Waals surface area (Å²) < 4.78 is 6.49. The predicted octanol–water partition coefficient (Wildman–Crippen LogP) is 4.63. The lowest BCUT2D eigenvalue weighted by molar-refractivity contribution is -0.115. The van der Waals surface area contributed by atoms with Gasteiger partial charge < -0.3 is 4.74 Å². The summed E-state index contributed by atoms with van der Waals surface area (Å²) in [5.41, 5.74) is 2.02. The average molecular weight is 378 g/mol. The molecule has 2 aromatic rings. The molecule has 2 aromatic carbocycles. The predicted molar refractivity (Wildman–Crippen MR) is 94.4 cm³/mol. The lowest BCUT2D eigenvalue weighted by Gasteiger charge is -2.25. The van der Waals surface area contributed by atoms with E-state index < -0.39 is 0 Å². The van der Waals surface area contributed by atoms with Gasteiger partial charge in [0.25, 0.3) is 0 Å². The summed E-state index contributed by atoms with van der Waals surface area (Å²) in [5, 5.41) is 0.000943. The standard InChI is InChI=1S/C17H16BrNO2S/c1-2-21-13-9-7-12(8-10-13)19-16(20)11-22-17(19)14-5-3-4-6-15(14)18/h3-10,17H,2,11H2,1H3. The molecule has 0 spiro atoms. The van der Waals surface area contributed by atoms with Gasteiger partial charge in [-0.1, -0.05) is 34.1 Å². The lowest BCUT2D eigenvalue weighted by atomic mass is 10.2. The number of rotatable bonds is 4. The van der Waals surface area contributed by atoms with Crippen molar-refractivity contribution in [2.75, 3.05) is 17.3 Å². The van der Waals surface area contributed by atoms with E-state index in [-0.39, 0.29) is 11.3 Å². The molecule has 0 bridgehead atoms. The highest BCUT2D eigenvalue weighted by molar-refractivity contribution is 9.10. The fourth-order valence-electron chi connectivity index (χ4n) is 2.48. The maximum atomic E-state index is 12.3. The van der Waals surface area contributed by atoms with E-state index in [1.165, 1.54) is 0 Å². The highest BCUT2D eigenvalue weighted by Gasteiger charge is 2.34. The molecule has 5 heteroatoms. The van der Waals surface area contributed by atoms with E-state index in [4.69, 9.17) is 4.74 Å². The molecule has 22 heavy (non-hydrogen) atoms. The first-order chi connectivity index (χ1) is 10.7. The molecule has 0 radical (unpaired) electrons. The number of amides is 1. The average Bonchev–Trinajstić information content (AvgIpc) is 2.90. The van der Waals surface area contributed by atoms with Crippen LogP contribution in [0.1, 0.15) is 17.9 Å². The van der Waals surface area contributed by atoms with Gasteiger partial charge in [-0.2, -0.15) is 0 Å². The van der Waals surface area contributed by atoms with E-state index in [9.17, 15) is 4.79 Å². The minimum atomic E-state index is 0.000943. The summed E-state index contributed by atoms with van der Waals surface area (Å²) in [6.45, 7) is 2.59. The highest BCUT2D eigenvalue weighted by Crippen LogP contribution is 2.44.